The van der Waals surface area contributed by atoms with Crippen molar-refractivity contribution in [2.75, 3.05) is 26.8 Å². The summed E-state index contributed by atoms with van der Waals surface area (Å²) < 4.78 is 38.6. The quantitative estimate of drug-likeness (QED) is 0.418. The lowest BCUT2D eigenvalue weighted by atomic mass is 9.98. The maximum Gasteiger partial charge on any atom is 0.252 e. The molecule has 1 N–H and O–H groups in total. The smallest absolute Gasteiger partial charge is 0.252 e. The Hall–Kier alpha value is -3.36. The number of hydrogen-bond acceptors (Lipinski definition) is 5. The molecule has 3 aromatic rings. The number of benzene rings is 3. The third-order valence-corrected chi connectivity index (χ3v) is 7.75. The van der Waals surface area contributed by atoms with Gasteiger partial charge in [-0.3, -0.25) is 4.79 Å². The molecule has 0 aliphatic carbocycles. The number of nitrogens with one attached hydrogen (secondary N) is 1. The van der Waals surface area contributed by atoms with Gasteiger partial charge in [0.2, 0.25) is 10.0 Å². The Morgan fingerprint density at radius 3 is 2.11 bits per heavy atom. The second kappa shape index (κ2) is 11.9. The minimum atomic E-state index is -3.83. The molecule has 3 rings (SSSR count). The molecule has 7 nitrogen and oxygen atoms in total. The topological polar surface area (TPSA) is 84.9 Å². The Morgan fingerprint density at radius 1 is 0.914 bits per heavy atom. The molecule has 0 aliphatic heterocycles. The highest BCUT2D eigenvalue weighted by molar-refractivity contribution is 7.89. The molecule has 0 saturated heterocycles. The van der Waals surface area contributed by atoms with Gasteiger partial charge in [-0.05, 0) is 48.4 Å². The van der Waals surface area contributed by atoms with Crippen LogP contribution in [0.2, 0.25) is 0 Å². The van der Waals surface area contributed by atoms with Gasteiger partial charge in [0.05, 0.1) is 19.8 Å². The Labute approximate surface area is 207 Å². The first-order valence-electron chi connectivity index (χ1n) is 11.6. The van der Waals surface area contributed by atoms with Crippen molar-refractivity contribution in [1.82, 2.24) is 9.62 Å². The van der Waals surface area contributed by atoms with Crippen LogP contribution in [0.5, 0.6) is 11.5 Å². The van der Waals surface area contributed by atoms with E-state index in [2.05, 4.69) is 5.32 Å². The van der Waals surface area contributed by atoms with E-state index in [0.29, 0.717) is 19.7 Å². The molecule has 0 fully saturated rings. The van der Waals surface area contributed by atoms with Crippen molar-refractivity contribution in [2.24, 2.45) is 0 Å². The normalized spacial score (nSPS) is 12.3. The summed E-state index contributed by atoms with van der Waals surface area (Å²) in [5.74, 6) is 0.543. The van der Waals surface area contributed by atoms with Gasteiger partial charge in [0.25, 0.3) is 5.91 Å². The van der Waals surface area contributed by atoms with Crippen molar-refractivity contribution < 1.29 is 22.7 Å². The number of carbonyl (C=O) groups is 1. The number of nitrogens with zero attached hydrogens (tertiary/aromatic N) is 1. The number of methoxy groups -OCH3 is 1. The molecule has 0 saturated carbocycles. The van der Waals surface area contributed by atoms with Gasteiger partial charge in [-0.15, -0.1) is 0 Å². The van der Waals surface area contributed by atoms with Crippen molar-refractivity contribution in [2.45, 2.75) is 31.7 Å². The molecule has 1 unspecified atom stereocenters. The van der Waals surface area contributed by atoms with E-state index in [1.54, 1.807) is 19.9 Å². The summed E-state index contributed by atoms with van der Waals surface area (Å²) in [5.41, 5.74) is 2.00. The van der Waals surface area contributed by atoms with Crippen LogP contribution >= 0.6 is 0 Å². The molecule has 3 aromatic carbocycles. The van der Waals surface area contributed by atoms with Crippen LogP contribution in [-0.4, -0.2) is 45.4 Å². The summed E-state index contributed by atoms with van der Waals surface area (Å²) in [6, 6.07) is 21.2. The molecule has 0 radical (unpaired) electrons. The molecular weight excluding hydrogens is 464 g/mol. The van der Waals surface area contributed by atoms with E-state index in [9.17, 15) is 13.2 Å². The van der Waals surface area contributed by atoms with Gasteiger partial charge in [-0.1, -0.05) is 56.3 Å². The minimum absolute atomic E-state index is 0.0336. The van der Waals surface area contributed by atoms with Crippen molar-refractivity contribution >= 4 is 15.9 Å². The van der Waals surface area contributed by atoms with Crippen LogP contribution in [0.1, 0.15) is 48.3 Å². The summed E-state index contributed by atoms with van der Waals surface area (Å²) in [7, 11) is -2.42. The molecule has 0 heterocycles. The van der Waals surface area contributed by atoms with Crippen LogP contribution in [0.25, 0.3) is 0 Å². The lowest BCUT2D eigenvalue weighted by molar-refractivity contribution is 0.0942. The fourth-order valence-corrected chi connectivity index (χ4v) is 5.50. The number of hydrogen-bond donors (Lipinski definition) is 1. The van der Waals surface area contributed by atoms with Crippen LogP contribution in [0, 0.1) is 0 Å². The summed E-state index contributed by atoms with van der Waals surface area (Å²) in [6.07, 6.45) is 0. The predicted octanol–water partition coefficient (Wildman–Crippen LogP) is 4.64. The molecule has 1 atom stereocenters. The minimum Gasteiger partial charge on any atom is -0.495 e. The van der Waals surface area contributed by atoms with Crippen molar-refractivity contribution in [3.63, 3.8) is 0 Å². The number of ether oxygens (including phenoxy) is 2. The van der Waals surface area contributed by atoms with Crippen molar-refractivity contribution in [1.29, 1.82) is 0 Å². The van der Waals surface area contributed by atoms with E-state index in [0.717, 1.165) is 16.9 Å². The number of rotatable bonds is 11. The van der Waals surface area contributed by atoms with E-state index in [4.69, 9.17) is 9.47 Å². The lowest BCUT2D eigenvalue weighted by Gasteiger charge is -2.22. The zero-order chi connectivity index (χ0) is 25.4. The average Bonchev–Trinajstić information content (AvgIpc) is 2.88. The summed E-state index contributed by atoms with van der Waals surface area (Å²) in [4.78, 5) is 13.3. The highest BCUT2D eigenvalue weighted by Gasteiger charge is 2.27. The fraction of sp³-hybridized carbons (Fsp3) is 0.296. The first-order chi connectivity index (χ1) is 16.8. The summed E-state index contributed by atoms with van der Waals surface area (Å²) in [6.45, 7) is 6.65. The van der Waals surface area contributed by atoms with Gasteiger partial charge in [0.1, 0.15) is 16.4 Å². The molecule has 0 spiro atoms. The van der Waals surface area contributed by atoms with Gasteiger partial charge < -0.3 is 14.8 Å². The number of sulfonamides is 1. The molecule has 0 aliphatic rings. The maximum absolute atomic E-state index is 13.4. The first-order valence-corrected chi connectivity index (χ1v) is 13.1. The van der Waals surface area contributed by atoms with Crippen molar-refractivity contribution in [3.05, 3.63) is 89.5 Å². The van der Waals surface area contributed by atoms with E-state index < -0.39 is 22.0 Å². The highest BCUT2D eigenvalue weighted by atomic mass is 32.2. The second-order valence-electron chi connectivity index (χ2n) is 7.77. The monoisotopic (exact) mass is 496 g/mol. The third kappa shape index (κ3) is 6.01. The van der Waals surface area contributed by atoms with Gasteiger partial charge >= 0.3 is 0 Å². The van der Waals surface area contributed by atoms with Gasteiger partial charge in [-0.25, -0.2) is 8.42 Å². The zero-order valence-corrected chi connectivity index (χ0v) is 21.3. The zero-order valence-electron chi connectivity index (χ0n) is 20.5. The van der Waals surface area contributed by atoms with Crippen LogP contribution in [0.3, 0.4) is 0 Å². The van der Waals surface area contributed by atoms with Crippen LogP contribution in [0.4, 0.5) is 0 Å². The average molecular weight is 497 g/mol. The molecule has 186 valence electrons. The third-order valence-electron chi connectivity index (χ3n) is 5.68. The standard InChI is InChI=1S/C27H32N2O5S/c1-5-29(6-2)35(31,32)25-19-22(15-18-24(25)33-4)27(30)28-26(20-11-9-8-10-12-20)21-13-16-23(17-14-21)34-7-3/h8-19,26H,5-7H2,1-4H3,(H,28,30). The number of amides is 1. The highest BCUT2D eigenvalue weighted by Crippen LogP contribution is 2.29. The fourth-order valence-electron chi connectivity index (χ4n) is 3.86. The largest absolute Gasteiger partial charge is 0.495 e. The lowest BCUT2D eigenvalue weighted by Crippen LogP contribution is -2.32. The SMILES string of the molecule is CCOc1ccc(C(NC(=O)c2ccc(OC)c(S(=O)(=O)N(CC)CC)c2)c2ccccc2)cc1. The Kier molecular flexibility index (Phi) is 8.89. The first kappa shape index (κ1) is 26.2. The van der Waals surface area contributed by atoms with Crippen LogP contribution in [0.15, 0.2) is 77.7 Å². The molecule has 0 aromatic heterocycles. The van der Waals surface area contributed by atoms with E-state index in [1.807, 2.05) is 61.5 Å². The number of carbonyl (C=O) groups excluding carboxylic acids is 1. The molecular formula is C27H32N2O5S. The van der Waals surface area contributed by atoms with Gasteiger partial charge in [0.15, 0.2) is 0 Å². The molecule has 0 bridgehead atoms. The van der Waals surface area contributed by atoms with Crippen molar-refractivity contribution in [3.8, 4) is 11.5 Å². The van der Waals surface area contributed by atoms with Gasteiger partial charge in [0, 0.05) is 18.7 Å². The molecule has 8 heteroatoms. The van der Waals surface area contributed by atoms with E-state index in [-0.39, 0.29) is 16.2 Å². The summed E-state index contributed by atoms with van der Waals surface area (Å²) >= 11 is 0. The summed E-state index contributed by atoms with van der Waals surface area (Å²) in [5, 5.41) is 3.06. The van der Waals surface area contributed by atoms with Gasteiger partial charge in [-0.2, -0.15) is 4.31 Å². The maximum atomic E-state index is 13.4. The second-order valence-corrected chi connectivity index (χ2v) is 9.68. The van der Waals surface area contributed by atoms with E-state index >= 15 is 0 Å². The predicted molar refractivity (Wildman–Crippen MR) is 136 cm³/mol. The Balaban J connectivity index is 1.98. The van der Waals surface area contributed by atoms with E-state index in [1.165, 1.54) is 23.5 Å². The Morgan fingerprint density at radius 2 is 1.54 bits per heavy atom. The van der Waals surface area contributed by atoms with Crippen LogP contribution in [-0.2, 0) is 10.0 Å². The Bertz CT molecular complexity index is 1220. The van der Waals surface area contributed by atoms with Crippen LogP contribution < -0.4 is 14.8 Å². The molecule has 35 heavy (non-hydrogen) atoms. The molecule has 1 amide bonds.